The predicted octanol–water partition coefficient (Wildman–Crippen LogP) is 8.18. The molecule has 0 aliphatic rings. The zero-order chi connectivity index (χ0) is 27.9. The number of aromatic hydroxyl groups is 1. The third kappa shape index (κ3) is 8.04. The summed E-state index contributed by atoms with van der Waals surface area (Å²) >= 11 is 12.6. The second-order valence-electron chi connectivity index (χ2n) is 9.81. The number of carbonyl (C=O) groups is 2. The molecular formula is C29H32Cl2N2O5. The number of amides is 2. The van der Waals surface area contributed by atoms with Gasteiger partial charge < -0.3 is 19.9 Å². The van der Waals surface area contributed by atoms with Crippen molar-refractivity contribution in [2.45, 2.75) is 58.5 Å². The summed E-state index contributed by atoms with van der Waals surface area (Å²) in [6, 6.07) is 16.7. The standard InChI is InChI=1S/C29H32Cl2N2O5/c1-5-6-10-26(38-25-11-8-7-9-20(25)30)27(35)32-22-17-24(34)23(16-21(22)31)33-28(36)37-19-14-12-18(13-15-19)29(2,3)4/h7-9,11-17,26,34H,5-6,10H2,1-4H3,(H,32,35)(H,33,36). The molecule has 3 rings (SSSR count). The Morgan fingerprint density at radius 3 is 2.26 bits per heavy atom. The molecule has 0 bridgehead atoms. The molecule has 0 aliphatic carbocycles. The van der Waals surface area contributed by atoms with E-state index in [4.69, 9.17) is 32.7 Å². The Morgan fingerprint density at radius 2 is 1.63 bits per heavy atom. The highest BCUT2D eigenvalue weighted by atomic mass is 35.5. The highest BCUT2D eigenvalue weighted by molar-refractivity contribution is 6.34. The number of benzene rings is 3. The number of phenols is 1. The van der Waals surface area contributed by atoms with Crippen LogP contribution in [-0.2, 0) is 10.2 Å². The molecular weight excluding hydrogens is 527 g/mol. The van der Waals surface area contributed by atoms with Gasteiger partial charge >= 0.3 is 6.09 Å². The Balaban J connectivity index is 1.68. The van der Waals surface area contributed by atoms with Gasteiger partial charge in [-0.05, 0) is 54.2 Å². The van der Waals surface area contributed by atoms with Gasteiger partial charge in [-0.2, -0.15) is 0 Å². The van der Waals surface area contributed by atoms with Crippen molar-refractivity contribution in [2.24, 2.45) is 0 Å². The molecule has 0 heterocycles. The monoisotopic (exact) mass is 558 g/mol. The Hall–Kier alpha value is -3.42. The van der Waals surface area contributed by atoms with Crippen LogP contribution >= 0.6 is 23.2 Å². The first-order valence-corrected chi connectivity index (χ1v) is 13.1. The van der Waals surface area contributed by atoms with Crippen molar-refractivity contribution in [3.8, 4) is 17.2 Å². The van der Waals surface area contributed by atoms with E-state index in [0.717, 1.165) is 18.4 Å². The van der Waals surface area contributed by atoms with Crippen molar-refractivity contribution in [1.29, 1.82) is 0 Å². The summed E-state index contributed by atoms with van der Waals surface area (Å²) in [5.41, 5.74) is 1.26. The molecule has 2 amide bonds. The van der Waals surface area contributed by atoms with E-state index < -0.39 is 18.1 Å². The van der Waals surface area contributed by atoms with E-state index in [1.165, 1.54) is 12.1 Å². The maximum atomic E-state index is 13.0. The third-order valence-corrected chi connectivity index (χ3v) is 6.35. The molecule has 0 spiro atoms. The van der Waals surface area contributed by atoms with Crippen LogP contribution in [-0.4, -0.2) is 23.2 Å². The van der Waals surface area contributed by atoms with Gasteiger partial charge in [0.1, 0.15) is 17.2 Å². The summed E-state index contributed by atoms with van der Waals surface area (Å²) in [6.07, 6.45) is 0.453. The van der Waals surface area contributed by atoms with Crippen LogP contribution in [0.2, 0.25) is 10.0 Å². The minimum Gasteiger partial charge on any atom is -0.506 e. The molecule has 38 heavy (non-hydrogen) atoms. The lowest BCUT2D eigenvalue weighted by Crippen LogP contribution is -2.33. The predicted molar refractivity (Wildman–Crippen MR) is 152 cm³/mol. The van der Waals surface area contributed by atoms with Gasteiger partial charge in [0.15, 0.2) is 6.10 Å². The zero-order valence-electron chi connectivity index (χ0n) is 21.8. The Kier molecular flexibility index (Phi) is 9.89. The number of halogens is 2. The first kappa shape index (κ1) is 29.1. The maximum absolute atomic E-state index is 13.0. The van der Waals surface area contributed by atoms with Gasteiger partial charge in [-0.15, -0.1) is 0 Å². The molecule has 3 aromatic carbocycles. The van der Waals surface area contributed by atoms with Crippen LogP contribution in [0.1, 0.15) is 52.5 Å². The molecule has 0 saturated carbocycles. The number of para-hydroxylation sites is 1. The van der Waals surface area contributed by atoms with Crippen molar-refractivity contribution in [3.05, 3.63) is 76.3 Å². The van der Waals surface area contributed by atoms with Crippen LogP contribution in [0.3, 0.4) is 0 Å². The van der Waals surface area contributed by atoms with Crippen LogP contribution in [0.4, 0.5) is 16.2 Å². The minimum absolute atomic E-state index is 0.0270. The van der Waals surface area contributed by atoms with Crippen LogP contribution in [0.15, 0.2) is 60.7 Å². The number of anilines is 2. The highest BCUT2D eigenvalue weighted by Gasteiger charge is 2.23. The van der Waals surface area contributed by atoms with E-state index >= 15 is 0 Å². The molecule has 0 aliphatic heterocycles. The molecule has 3 N–H and O–H groups in total. The molecule has 1 atom stereocenters. The van der Waals surface area contributed by atoms with Gasteiger partial charge in [0.05, 0.1) is 21.4 Å². The van der Waals surface area contributed by atoms with Gasteiger partial charge in [0.2, 0.25) is 0 Å². The second-order valence-corrected chi connectivity index (χ2v) is 10.6. The number of rotatable bonds is 9. The fourth-order valence-electron chi connectivity index (χ4n) is 3.56. The third-order valence-electron chi connectivity index (χ3n) is 5.73. The van der Waals surface area contributed by atoms with Crippen molar-refractivity contribution in [2.75, 3.05) is 10.6 Å². The molecule has 0 saturated heterocycles. The quantitative estimate of drug-likeness (QED) is 0.230. The Bertz CT molecular complexity index is 1270. The summed E-state index contributed by atoms with van der Waals surface area (Å²) in [6.45, 7) is 8.28. The van der Waals surface area contributed by atoms with Gasteiger partial charge in [-0.1, -0.05) is 81.6 Å². The van der Waals surface area contributed by atoms with Crippen molar-refractivity contribution in [1.82, 2.24) is 0 Å². The van der Waals surface area contributed by atoms with E-state index in [1.807, 2.05) is 19.1 Å². The molecule has 202 valence electrons. The molecule has 9 heteroatoms. The van der Waals surface area contributed by atoms with E-state index in [1.54, 1.807) is 36.4 Å². The number of hydrogen-bond acceptors (Lipinski definition) is 5. The van der Waals surface area contributed by atoms with Crippen LogP contribution < -0.4 is 20.1 Å². The Labute approximate surface area is 233 Å². The Morgan fingerprint density at radius 1 is 0.947 bits per heavy atom. The number of hydrogen-bond donors (Lipinski definition) is 3. The van der Waals surface area contributed by atoms with Gasteiger partial charge in [0, 0.05) is 6.07 Å². The first-order valence-electron chi connectivity index (χ1n) is 12.3. The van der Waals surface area contributed by atoms with E-state index in [9.17, 15) is 14.7 Å². The molecule has 7 nitrogen and oxygen atoms in total. The average Bonchev–Trinajstić information content (AvgIpc) is 2.85. The lowest BCUT2D eigenvalue weighted by Gasteiger charge is -2.20. The largest absolute Gasteiger partial charge is 0.506 e. The van der Waals surface area contributed by atoms with E-state index in [2.05, 4.69) is 31.4 Å². The first-order chi connectivity index (χ1) is 18.0. The molecule has 3 aromatic rings. The number of carbonyl (C=O) groups excluding carboxylic acids is 2. The molecule has 0 radical (unpaired) electrons. The van der Waals surface area contributed by atoms with E-state index in [-0.39, 0.29) is 27.6 Å². The SMILES string of the molecule is CCCCC(Oc1ccccc1Cl)C(=O)Nc1cc(O)c(NC(=O)Oc2ccc(C(C)(C)C)cc2)cc1Cl. The van der Waals surface area contributed by atoms with Gasteiger partial charge in [-0.25, -0.2) is 4.79 Å². The normalized spacial score (nSPS) is 11.9. The number of unbranched alkanes of at least 4 members (excludes halogenated alkanes) is 1. The van der Waals surface area contributed by atoms with Gasteiger partial charge in [0.25, 0.3) is 5.91 Å². The van der Waals surface area contributed by atoms with Crippen LogP contribution in [0, 0.1) is 0 Å². The molecule has 0 fully saturated rings. The fraction of sp³-hybridized carbons (Fsp3) is 0.310. The maximum Gasteiger partial charge on any atom is 0.417 e. The summed E-state index contributed by atoms with van der Waals surface area (Å²) in [7, 11) is 0. The molecule has 0 aromatic heterocycles. The lowest BCUT2D eigenvalue weighted by atomic mass is 9.87. The topological polar surface area (TPSA) is 96.9 Å². The lowest BCUT2D eigenvalue weighted by molar-refractivity contribution is -0.123. The number of phenolic OH excluding ortho intramolecular Hbond substituents is 1. The van der Waals surface area contributed by atoms with Crippen LogP contribution in [0.5, 0.6) is 17.2 Å². The average molecular weight is 559 g/mol. The fourth-order valence-corrected chi connectivity index (χ4v) is 3.95. The summed E-state index contributed by atoms with van der Waals surface area (Å²) in [5, 5.41) is 16.2. The van der Waals surface area contributed by atoms with Crippen molar-refractivity contribution < 1.29 is 24.2 Å². The number of nitrogens with one attached hydrogen (secondary N) is 2. The smallest absolute Gasteiger partial charge is 0.417 e. The summed E-state index contributed by atoms with van der Waals surface area (Å²) in [5.74, 6) is -0.00701. The second kappa shape index (κ2) is 12.9. The summed E-state index contributed by atoms with van der Waals surface area (Å²) in [4.78, 5) is 25.4. The molecule has 1 unspecified atom stereocenters. The zero-order valence-corrected chi connectivity index (χ0v) is 23.3. The van der Waals surface area contributed by atoms with Crippen molar-refractivity contribution >= 4 is 46.6 Å². The highest BCUT2D eigenvalue weighted by Crippen LogP contribution is 2.35. The van der Waals surface area contributed by atoms with Crippen LogP contribution in [0.25, 0.3) is 0 Å². The summed E-state index contributed by atoms with van der Waals surface area (Å²) < 4.78 is 11.2. The van der Waals surface area contributed by atoms with E-state index in [0.29, 0.717) is 22.9 Å². The minimum atomic E-state index is -0.828. The van der Waals surface area contributed by atoms with Crippen molar-refractivity contribution in [3.63, 3.8) is 0 Å². The number of ether oxygens (including phenoxy) is 2. The van der Waals surface area contributed by atoms with Gasteiger partial charge in [-0.3, -0.25) is 10.1 Å².